The molecule has 0 aliphatic carbocycles. The van der Waals surface area contributed by atoms with Crippen LogP contribution < -0.4 is 4.74 Å². The third-order valence-electron chi connectivity index (χ3n) is 3.39. The van der Waals surface area contributed by atoms with Gasteiger partial charge >= 0.3 is 0 Å². The molecule has 0 aromatic carbocycles. The Morgan fingerprint density at radius 2 is 1.65 bits per heavy atom. The summed E-state index contributed by atoms with van der Waals surface area (Å²) in [5.74, 6) is 0.514. The molecule has 0 atom stereocenters. The maximum absolute atomic E-state index is 11.9. The smallest absolute Gasteiger partial charge is 0.233 e. The van der Waals surface area contributed by atoms with E-state index >= 15 is 0 Å². The molecule has 0 saturated heterocycles. The fraction of sp³-hybridized carbons (Fsp3) is 0.688. The number of Topliss-reactive ketones (excluding diaryl/α,β-unsaturated/α-hetero) is 1. The van der Waals surface area contributed by atoms with E-state index in [9.17, 15) is 4.79 Å². The lowest BCUT2D eigenvalue weighted by Crippen LogP contribution is -2.04. The minimum atomic E-state index is 0.0751. The molecule has 0 spiro atoms. The topological polar surface area (TPSA) is 52.1 Å². The number of carbonyl (C=O) groups is 1. The summed E-state index contributed by atoms with van der Waals surface area (Å²) in [7, 11) is 1.53. The van der Waals surface area contributed by atoms with Crippen molar-refractivity contribution in [3.8, 4) is 5.88 Å². The van der Waals surface area contributed by atoms with E-state index in [0.29, 0.717) is 18.0 Å². The average molecular weight is 278 g/mol. The van der Waals surface area contributed by atoms with Crippen LogP contribution in [0.2, 0.25) is 0 Å². The molecule has 0 bridgehead atoms. The van der Waals surface area contributed by atoms with Crippen LogP contribution in [0.5, 0.6) is 5.88 Å². The van der Waals surface area contributed by atoms with Crippen LogP contribution in [0.1, 0.15) is 75.2 Å². The number of aromatic nitrogens is 2. The predicted octanol–water partition coefficient (Wildman–Crippen LogP) is 4.20. The molecular weight excluding hydrogens is 252 g/mol. The number of ketones is 1. The molecule has 20 heavy (non-hydrogen) atoms. The Bertz CT molecular complexity index is 377. The van der Waals surface area contributed by atoms with E-state index in [1.54, 1.807) is 12.1 Å². The first kappa shape index (κ1) is 16.6. The molecule has 0 aliphatic rings. The first-order valence-corrected chi connectivity index (χ1v) is 7.69. The highest BCUT2D eigenvalue weighted by Gasteiger charge is 2.08. The molecule has 1 aromatic rings. The molecule has 0 amide bonds. The van der Waals surface area contributed by atoms with Gasteiger partial charge in [-0.15, -0.1) is 10.2 Å². The molecule has 1 aromatic heterocycles. The van der Waals surface area contributed by atoms with Crippen molar-refractivity contribution in [1.29, 1.82) is 0 Å². The summed E-state index contributed by atoms with van der Waals surface area (Å²) in [5, 5.41) is 7.69. The number of unbranched alkanes of at least 4 members (excludes halogenated alkanes) is 7. The fourth-order valence-electron chi connectivity index (χ4n) is 2.13. The van der Waals surface area contributed by atoms with Crippen molar-refractivity contribution in [3.05, 3.63) is 17.8 Å². The summed E-state index contributed by atoms with van der Waals surface area (Å²) >= 11 is 0. The zero-order chi connectivity index (χ0) is 14.6. The molecular formula is C16H26N2O2. The molecule has 0 saturated carbocycles. The first-order valence-electron chi connectivity index (χ1n) is 7.69. The van der Waals surface area contributed by atoms with Crippen molar-refractivity contribution in [2.75, 3.05) is 7.11 Å². The number of hydrogen-bond donors (Lipinski definition) is 0. The second kappa shape index (κ2) is 10.4. The van der Waals surface area contributed by atoms with Gasteiger partial charge in [-0.1, -0.05) is 51.9 Å². The summed E-state index contributed by atoms with van der Waals surface area (Å²) < 4.78 is 4.92. The van der Waals surface area contributed by atoms with Gasteiger partial charge in [0.1, 0.15) is 5.69 Å². The summed E-state index contributed by atoms with van der Waals surface area (Å²) in [6.45, 7) is 2.23. The van der Waals surface area contributed by atoms with Gasteiger partial charge < -0.3 is 4.74 Å². The molecule has 1 rings (SSSR count). The zero-order valence-electron chi connectivity index (χ0n) is 12.7. The Balaban J connectivity index is 2.10. The van der Waals surface area contributed by atoms with Gasteiger partial charge in [0, 0.05) is 12.5 Å². The average Bonchev–Trinajstić information content (AvgIpc) is 2.50. The lowest BCUT2D eigenvalue weighted by Gasteiger charge is -2.02. The van der Waals surface area contributed by atoms with Gasteiger partial charge in [-0.25, -0.2) is 0 Å². The molecule has 0 fully saturated rings. The molecule has 0 radical (unpaired) electrons. The summed E-state index contributed by atoms with van der Waals surface area (Å²) in [5.41, 5.74) is 0.439. The number of rotatable bonds is 11. The van der Waals surface area contributed by atoms with Gasteiger partial charge in [-0.3, -0.25) is 4.79 Å². The first-order chi connectivity index (χ1) is 9.77. The van der Waals surface area contributed by atoms with Crippen molar-refractivity contribution < 1.29 is 9.53 Å². The van der Waals surface area contributed by atoms with Gasteiger partial charge in [0.15, 0.2) is 5.78 Å². The van der Waals surface area contributed by atoms with Crippen LogP contribution in [0.25, 0.3) is 0 Å². The normalized spacial score (nSPS) is 10.5. The standard InChI is InChI=1S/C16H26N2O2/c1-3-4-5-6-7-8-9-10-11-15(19)14-12-13-16(20-2)18-17-14/h12-13H,3-11H2,1-2H3. The lowest BCUT2D eigenvalue weighted by atomic mass is 10.1. The van der Waals surface area contributed by atoms with Crippen LogP contribution in [0.15, 0.2) is 12.1 Å². The molecule has 0 N–H and O–H groups in total. The fourth-order valence-corrected chi connectivity index (χ4v) is 2.13. The second-order valence-corrected chi connectivity index (χ2v) is 5.11. The second-order valence-electron chi connectivity index (χ2n) is 5.11. The molecule has 0 unspecified atom stereocenters. The highest BCUT2D eigenvalue weighted by molar-refractivity contribution is 5.93. The highest BCUT2D eigenvalue weighted by atomic mass is 16.5. The Morgan fingerprint density at radius 3 is 2.20 bits per heavy atom. The predicted molar refractivity (Wildman–Crippen MR) is 80.1 cm³/mol. The number of methoxy groups -OCH3 is 1. The third kappa shape index (κ3) is 6.64. The van der Waals surface area contributed by atoms with Gasteiger partial charge in [-0.05, 0) is 12.5 Å². The zero-order valence-corrected chi connectivity index (χ0v) is 12.7. The number of hydrogen-bond acceptors (Lipinski definition) is 4. The molecule has 4 nitrogen and oxygen atoms in total. The third-order valence-corrected chi connectivity index (χ3v) is 3.39. The summed E-state index contributed by atoms with van der Waals surface area (Å²) in [6, 6.07) is 3.35. The highest BCUT2D eigenvalue weighted by Crippen LogP contribution is 2.12. The largest absolute Gasteiger partial charge is 0.480 e. The van der Waals surface area contributed by atoms with Crippen molar-refractivity contribution in [2.24, 2.45) is 0 Å². The quantitative estimate of drug-likeness (QED) is 0.449. The van der Waals surface area contributed by atoms with Crippen LogP contribution in [0.4, 0.5) is 0 Å². The van der Waals surface area contributed by atoms with Crippen LogP contribution in [0, 0.1) is 0 Å². The molecule has 1 heterocycles. The number of carbonyl (C=O) groups excluding carboxylic acids is 1. The van der Waals surface area contributed by atoms with Gasteiger partial charge in [0.2, 0.25) is 5.88 Å². The number of ether oxygens (including phenoxy) is 1. The molecule has 4 heteroatoms. The van der Waals surface area contributed by atoms with Gasteiger partial charge in [-0.2, -0.15) is 0 Å². The summed E-state index contributed by atoms with van der Waals surface area (Å²) in [4.78, 5) is 11.9. The van der Waals surface area contributed by atoms with E-state index in [-0.39, 0.29) is 5.78 Å². The van der Waals surface area contributed by atoms with Gasteiger partial charge in [0.05, 0.1) is 7.11 Å². The van der Waals surface area contributed by atoms with E-state index < -0.39 is 0 Å². The maximum atomic E-state index is 11.9. The summed E-state index contributed by atoms with van der Waals surface area (Å²) in [6.07, 6.45) is 10.5. The van der Waals surface area contributed by atoms with Crippen molar-refractivity contribution >= 4 is 5.78 Å². The molecule has 0 aliphatic heterocycles. The maximum Gasteiger partial charge on any atom is 0.233 e. The van der Waals surface area contributed by atoms with Gasteiger partial charge in [0.25, 0.3) is 0 Å². The Morgan fingerprint density at radius 1 is 1.00 bits per heavy atom. The van der Waals surface area contributed by atoms with E-state index in [1.165, 1.54) is 45.6 Å². The minimum Gasteiger partial charge on any atom is -0.480 e. The van der Waals surface area contributed by atoms with E-state index in [0.717, 1.165) is 12.8 Å². The van der Waals surface area contributed by atoms with Crippen LogP contribution in [0.3, 0.4) is 0 Å². The van der Waals surface area contributed by atoms with Crippen LogP contribution in [-0.4, -0.2) is 23.1 Å². The van der Waals surface area contributed by atoms with Crippen molar-refractivity contribution in [1.82, 2.24) is 10.2 Å². The van der Waals surface area contributed by atoms with Crippen LogP contribution >= 0.6 is 0 Å². The minimum absolute atomic E-state index is 0.0751. The van der Waals surface area contributed by atoms with Crippen molar-refractivity contribution in [2.45, 2.75) is 64.7 Å². The van der Waals surface area contributed by atoms with Crippen molar-refractivity contribution in [3.63, 3.8) is 0 Å². The Hall–Kier alpha value is -1.45. The Labute approximate surface area is 121 Å². The van der Waals surface area contributed by atoms with E-state index in [1.807, 2.05) is 0 Å². The van der Waals surface area contributed by atoms with Crippen LogP contribution in [-0.2, 0) is 0 Å². The number of nitrogens with zero attached hydrogens (tertiary/aromatic N) is 2. The monoisotopic (exact) mass is 278 g/mol. The molecule has 112 valence electrons. The van der Waals surface area contributed by atoms with E-state index in [2.05, 4.69) is 17.1 Å². The Kier molecular flexibility index (Phi) is 8.59. The lowest BCUT2D eigenvalue weighted by molar-refractivity contribution is 0.0973. The SMILES string of the molecule is CCCCCCCCCCC(=O)c1ccc(OC)nn1. The van der Waals surface area contributed by atoms with E-state index in [4.69, 9.17) is 4.74 Å².